The third-order valence-corrected chi connectivity index (χ3v) is 3.39. The van der Waals surface area contributed by atoms with Crippen molar-refractivity contribution in [3.63, 3.8) is 0 Å². The summed E-state index contributed by atoms with van der Waals surface area (Å²) in [6.45, 7) is 0.860. The molecule has 0 unspecified atom stereocenters. The van der Waals surface area contributed by atoms with Crippen molar-refractivity contribution in [1.29, 1.82) is 0 Å². The Hall–Kier alpha value is -1.04. The topological polar surface area (TPSA) is 27.1 Å². The largest absolute Gasteiger partial charge is 0.493 e. The SMILES string of the molecule is Ic1cnn(-c2ccc(OCC3CC3)cc2)c1. The van der Waals surface area contributed by atoms with Gasteiger partial charge in [-0.2, -0.15) is 5.10 Å². The first-order valence-electron chi connectivity index (χ1n) is 5.75. The molecule has 88 valence electrons. The smallest absolute Gasteiger partial charge is 0.119 e. The van der Waals surface area contributed by atoms with Gasteiger partial charge < -0.3 is 4.74 Å². The van der Waals surface area contributed by atoms with E-state index in [1.807, 2.05) is 41.3 Å². The molecule has 0 amide bonds. The van der Waals surface area contributed by atoms with Crippen LogP contribution in [0.4, 0.5) is 0 Å². The molecule has 1 aliphatic carbocycles. The second-order valence-electron chi connectivity index (χ2n) is 4.35. The summed E-state index contributed by atoms with van der Waals surface area (Å²) in [6.07, 6.45) is 6.49. The fourth-order valence-corrected chi connectivity index (χ4v) is 2.02. The zero-order valence-corrected chi connectivity index (χ0v) is 11.5. The van der Waals surface area contributed by atoms with Crippen LogP contribution in [-0.2, 0) is 0 Å². The highest BCUT2D eigenvalue weighted by Gasteiger charge is 2.21. The fourth-order valence-electron chi connectivity index (χ4n) is 1.64. The summed E-state index contributed by atoms with van der Waals surface area (Å²) >= 11 is 2.25. The van der Waals surface area contributed by atoms with E-state index in [1.54, 1.807) is 0 Å². The van der Waals surface area contributed by atoms with E-state index in [4.69, 9.17) is 4.74 Å². The van der Waals surface area contributed by atoms with E-state index >= 15 is 0 Å². The Labute approximate surface area is 114 Å². The van der Waals surface area contributed by atoms with E-state index in [0.29, 0.717) is 0 Å². The van der Waals surface area contributed by atoms with Crippen molar-refractivity contribution in [2.45, 2.75) is 12.8 Å². The Morgan fingerprint density at radius 1 is 1.29 bits per heavy atom. The van der Waals surface area contributed by atoms with Gasteiger partial charge in [-0.15, -0.1) is 0 Å². The lowest BCUT2D eigenvalue weighted by atomic mass is 10.3. The molecule has 3 nitrogen and oxygen atoms in total. The summed E-state index contributed by atoms with van der Waals surface area (Å²) in [7, 11) is 0. The van der Waals surface area contributed by atoms with Gasteiger partial charge in [-0.3, -0.25) is 0 Å². The van der Waals surface area contributed by atoms with Crippen LogP contribution >= 0.6 is 22.6 Å². The van der Waals surface area contributed by atoms with Gasteiger partial charge in [-0.05, 0) is 65.6 Å². The van der Waals surface area contributed by atoms with Gasteiger partial charge in [-0.25, -0.2) is 4.68 Å². The second-order valence-corrected chi connectivity index (χ2v) is 5.60. The van der Waals surface area contributed by atoms with Crippen LogP contribution in [0, 0.1) is 9.49 Å². The Morgan fingerprint density at radius 2 is 2.06 bits per heavy atom. The maximum absolute atomic E-state index is 5.69. The minimum atomic E-state index is 0.794. The van der Waals surface area contributed by atoms with Gasteiger partial charge in [0.1, 0.15) is 5.75 Å². The first-order valence-corrected chi connectivity index (χ1v) is 6.82. The summed E-state index contributed by atoms with van der Waals surface area (Å²) in [5.41, 5.74) is 1.06. The van der Waals surface area contributed by atoms with Gasteiger partial charge in [0.2, 0.25) is 0 Å². The number of halogens is 1. The number of ether oxygens (including phenoxy) is 1. The van der Waals surface area contributed by atoms with Gasteiger partial charge in [0.05, 0.1) is 22.1 Å². The summed E-state index contributed by atoms with van der Waals surface area (Å²) in [6, 6.07) is 8.08. The number of hydrogen-bond donors (Lipinski definition) is 0. The van der Waals surface area contributed by atoms with Gasteiger partial charge >= 0.3 is 0 Å². The zero-order chi connectivity index (χ0) is 11.7. The van der Waals surface area contributed by atoms with Crippen molar-refractivity contribution in [1.82, 2.24) is 9.78 Å². The summed E-state index contributed by atoms with van der Waals surface area (Å²) < 4.78 is 8.70. The van der Waals surface area contributed by atoms with Crippen LogP contribution in [0.2, 0.25) is 0 Å². The highest BCUT2D eigenvalue weighted by molar-refractivity contribution is 14.1. The number of rotatable bonds is 4. The van der Waals surface area contributed by atoms with Gasteiger partial charge in [-0.1, -0.05) is 0 Å². The van der Waals surface area contributed by atoms with Crippen molar-refractivity contribution in [3.8, 4) is 11.4 Å². The van der Waals surface area contributed by atoms with Crippen LogP contribution in [-0.4, -0.2) is 16.4 Å². The minimum absolute atomic E-state index is 0.794. The van der Waals surface area contributed by atoms with E-state index in [0.717, 1.165) is 27.5 Å². The molecule has 1 heterocycles. The first kappa shape index (κ1) is 11.1. The molecule has 1 fully saturated rings. The highest BCUT2D eigenvalue weighted by atomic mass is 127. The molecule has 1 aromatic heterocycles. The highest BCUT2D eigenvalue weighted by Crippen LogP contribution is 2.29. The van der Waals surface area contributed by atoms with E-state index in [2.05, 4.69) is 27.7 Å². The number of hydrogen-bond acceptors (Lipinski definition) is 2. The predicted molar refractivity (Wildman–Crippen MR) is 74.5 cm³/mol. The Morgan fingerprint density at radius 3 is 2.65 bits per heavy atom. The Kier molecular flexibility index (Phi) is 3.05. The Balaban J connectivity index is 1.70. The molecule has 4 heteroatoms. The molecule has 0 saturated heterocycles. The molecular formula is C13H13IN2O. The first-order chi connectivity index (χ1) is 8.31. The van der Waals surface area contributed by atoms with E-state index in [-0.39, 0.29) is 0 Å². The third kappa shape index (κ3) is 2.80. The van der Waals surface area contributed by atoms with E-state index in [9.17, 15) is 0 Å². The van der Waals surface area contributed by atoms with Crippen molar-refractivity contribution >= 4 is 22.6 Å². The molecule has 1 aliphatic rings. The number of benzene rings is 1. The standard InChI is InChI=1S/C13H13IN2O/c14-11-7-15-16(8-11)12-3-5-13(6-4-12)17-9-10-1-2-10/h3-8,10H,1-2,9H2. The lowest BCUT2D eigenvalue weighted by Crippen LogP contribution is -1.99. The summed E-state index contributed by atoms with van der Waals surface area (Å²) in [5.74, 6) is 1.74. The quantitative estimate of drug-likeness (QED) is 0.799. The molecule has 0 bridgehead atoms. The van der Waals surface area contributed by atoms with Gasteiger partial charge in [0.25, 0.3) is 0 Å². The van der Waals surface area contributed by atoms with E-state index < -0.39 is 0 Å². The minimum Gasteiger partial charge on any atom is -0.493 e. The monoisotopic (exact) mass is 340 g/mol. The zero-order valence-electron chi connectivity index (χ0n) is 9.34. The third-order valence-electron chi connectivity index (χ3n) is 2.83. The van der Waals surface area contributed by atoms with Gasteiger partial charge in [0.15, 0.2) is 0 Å². The van der Waals surface area contributed by atoms with E-state index in [1.165, 1.54) is 12.8 Å². The van der Waals surface area contributed by atoms with Crippen LogP contribution in [0.15, 0.2) is 36.7 Å². The van der Waals surface area contributed by atoms with Gasteiger partial charge in [0, 0.05) is 6.20 Å². The lowest BCUT2D eigenvalue weighted by Gasteiger charge is -2.06. The van der Waals surface area contributed by atoms with Crippen LogP contribution in [0.3, 0.4) is 0 Å². The molecule has 1 saturated carbocycles. The van der Waals surface area contributed by atoms with Crippen molar-refractivity contribution in [3.05, 3.63) is 40.2 Å². The maximum Gasteiger partial charge on any atom is 0.119 e. The predicted octanol–water partition coefficient (Wildman–Crippen LogP) is 3.27. The average molecular weight is 340 g/mol. The summed E-state index contributed by atoms with van der Waals surface area (Å²) in [5, 5.41) is 4.27. The van der Waals surface area contributed by atoms with Crippen LogP contribution in [0.1, 0.15) is 12.8 Å². The van der Waals surface area contributed by atoms with Crippen LogP contribution in [0.25, 0.3) is 5.69 Å². The molecule has 1 aromatic carbocycles. The van der Waals surface area contributed by atoms with Crippen molar-refractivity contribution in [2.75, 3.05) is 6.61 Å². The molecule has 0 aliphatic heterocycles. The molecule has 3 rings (SSSR count). The van der Waals surface area contributed by atoms with Crippen molar-refractivity contribution < 1.29 is 4.74 Å². The van der Waals surface area contributed by atoms with Crippen LogP contribution < -0.4 is 4.74 Å². The number of nitrogens with zero attached hydrogens (tertiary/aromatic N) is 2. The molecule has 2 aromatic rings. The molecular weight excluding hydrogens is 327 g/mol. The average Bonchev–Trinajstić information content (AvgIpc) is 3.09. The second kappa shape index (κ2) is 4.68. The number of aromatic nitrogens is 2. The molecule has 0 spiro atoms. The summed E-state index contributed by atoms with van der Waals surface area (Å²) in [4.78, 5) is 0. The maximum atomic E-state index is 5.69. The van der Waals surface area contributed by atoms with Crippen molar-refractivity contribution in [2.24, 2.45) is 5.92 Å². The lowest BCUT2D eigenvalue weighted by molar-refractivity contribution is 0.300. The fraction of sp³-hybridized carbons (Fsp3) is 0.308. The molecule has 0 atom stereocenters. The molecule has 0 N–H and O–H groups in total. The normalized spacial score (nSPS) is 14.9. The molecule has 17 heavy (non-hydrogen) atoms. The molecule has 0 radical (unpaired) electrons. The van der Waals surface area contributed by atoms with Crippen LogP contribution in [0.5, 0.6) is 5.75 Å². The Bertz CT molecular complexity index is 502.